The van der Waals surface area contributed by atoms with Crippen LogP contribution in [0.2, 0.25) is 0 Å². The molecule has 0 fully saturated rings. The number of halogens is 1. The molecule has 0 amide bonds. The Bertz CT molecular complexity index is 1070. The largest absolute Gasteiger partial charge is 0.497 e. The van der Waals surface area contributed by atoms with Crippen LogP contribution >= 0.6 is 0 Å². The molecule has 0 N–H and O–H groups in total. The van der Waals surface area contributed by atoms with Gasteiger partial charge in [0.05, 0.1) is 26.3 Å². The number of methoxy groups -OCH3 is 2. The fourth-order valence-corrected chi connectivity index (χ4v) is 2.88. The predicted molar refractivity (Wildman–Crippen MR) is 103 cm³/mol. The van der Waals surface area contributed by atoms with Crippen LogP contribution in [0, 0.1) is 5.82 Å². The van der Waals surface area contributed by atoms with Crippen molar-refractivity contribution in [1.29, 1.82) is 0 Å². The summed E-state index contributed by atoms with van der Waals surface area (Å²) in [6, 6.07) is 12.3. The lowest BCUT2D eigenvalue weighted by Gasteiger charge is -2.13. The fraction of sp³-hybridized carbons (Fsp3) is 0.190. The minimum absolute atomic E-state index is 0.126. The Morgan fingerprint density at radius 3 is 2.36 bits per heavy atom. The maximum absolute atomic E-state index is 13.8. The molecule has 0 spiro atoms. The third-order valence-corrected chi connectivity index (χ3v) is 4.30. The van der Waals surface area contributed by atoms with Gasteiger partial charge in [0.2, 0.25) is 5.88 Å². The topological polar surface area (TPSA) is 70.4 Å². The zero-order valence-corrected chi connectivity index (χ0v) is 15.7. The highest BCUT2D eigenvalue weighted by Gasteiger charge is 2.18. The lowest BCUT2D eigenvalue weighted by atomic mass is 9.98. The maximum Gasteiger partial charge on any atom is 0.267 e. The number of rotatable bonds is 6. The molecule has 0 aliphatic heterocycles. The van der Waals surface area contributed by atoms with Crippen molar-refractivity contribution in [2.45, 2.75) is 13.5 Å². The van der Waals surface area contributed by atoms with Gasteiger partial charge in [0.15, 0.2) is 5.78 Å². The van der Waals surface area contributed by atoms with Gasteiger partial charge in [-0.15, -0.1) is 5.10 Å². The molecule has 0 radical (unpaired) electrons. The van der Waals surface area contributed by atoms with Crippen molar-refractivity contribution in [1.82, 2.24) is 9.78 Å². The molecule has 3 aromatic rings. The molecule has 2 aromatic carbocycles. The van der Waals surface area contributed by atoms with E-state index in [1.165, 1.54) is 43.0 Å². The Kier molecular flexibility index (Phi) is 5.54. The van der Waals surface area contributed by atoms with Gasteiger partial charge in [-0.05, 0) is 42.8 Å². The quantitative estimate of drug-likeness (QED) is 0.612. The number of hydrogen-bond donors (Lipinski definition) is 0. The predicted octanol–water partition coefficient (Wildman–Crippen LogP) is 3.32. The van der Waals surface area contributed by atoms with Crippen molar-refractivity contribution in [2.24, 2.45) is 0 Å². The molecule has 3 rings (SSSR count). The van der Waals surface area contributed by atoms with Crippen molar-refractivity contribution in [2.75, 3.05) is 14.2 Å². The second kappa shape index (κ2) is 8.04. The SMILES string of the molecule is COc1ccc(Cn2nc(OC)c(-c3cc(F)ccc3C(C)=O)cc2=O)cc1. The standard InChI is InChI=1S/C21H19FN2O4/c1-13(25)17-9-6-15(22)10-18(17)19-11-20(26)24(23-21(19)28-3)12-14-4-7-16(27-2)8-5-14/h4-11H,12H2,1-3H3. The average Bonchev–Trinajstić information content (AvgIpc) is 2.69. The summed E-state index contributed by atoms with van der Waals surface area (Å²) in [6.07, 6.45) is 0. The number of carbonyl (C=O) groups is 1. The molecule has 0 aliphatic carbocycles. The zero-order chi connectivity index (χ0) is 20.3. The second-order valence-corrected chi connectivity index (χ2v) is 6.16. The molecular weight excluding hydrogens is 363 g/mol. The van der Waals surface area contributed by atoms with Gasteiger partial charge in [0, 0.05) is 17.2 Å². The summed E-state index contributed by atoms with van der Waals surface area (Å²) in [4.78, 5) is 24.5. The molecule has 0 saturated heterocycles. The van der Waals surface area contributed by atoms with Gasteiger partial charge < -0.3 is 9.47 Å². The minimum Gasteiger partial charge on any atom is -0.497 e. The normalized spacial score (nSPS) is 10.6. The van der Waals surface area contributed by atoms with Crippen molar-refractivity contribution >= 4 is 5.78 Å². The Labute approximate surface area is 161 Å². The van der Waals surface area contributed by atoms with Gasteiger partial charge in [-0.1, -0.05) is 12.1 Å². The molecular formula is C21H19FN2O4. The van der Waals surface area contributed by atoms with E-state index >= 15 is 0 Å². The van der Waals surface area contributed by atoms with E-state index in [0.29, 0.717) is 5.75 Å². The van der Waals surface area contributed by atoms with Crippen LogP contribution in [0.1, 0.15) is 22.8 Å². The molecule has 0 bridgehead atoms. The Hall–Kier alpha value is -3.48. The summed E-state index contributed by atoms with van der Waals surface area (Å²) in [5.41, 5.74) is 1.27. The summed E-state index contributed by atoms with van der Waals surface area (Å²) in [6.45, 7) is 1.60. The molecule has 7 heteroatoms. The smallest absolute Gasteiger partial charge is 0.267 e. The first-order valence-corrected chi connectivity index (χ1v) is 8.53. The fourth-order valence-electron chi connectivity index (χ4n) is 2.88. The number of ether oxygens (including phenoxy) is 2. The number of benzene rings is 2. The maximum atomic E-state index is 13.8. The van der Waals surface area contributed by atoms with Crippen LogP contribution in [-0.4, -0.2) is 29.8 Å². The van der Waals surface area contributed by atoms with Gasteiger partial charge in [-0.2, -0.15) is 0 Å². The highest BCUT2D eigenvalue weighted by atomic mass is 19.1. The van der Waals surface area contributed by atoms with Crippen molar-refractivity contribution in [3.05, 3.63) is 75.8 Å². The third kappa shape index (κ3) is 3.93. The van der Waals surface area contributed by atoms with E-state index in [0.717, 1.165) is 5.56 Å². The molecule has 0 atom stereocenters. The van der Waals surface area contributed by atoms with Crippen LogP contribution in [0.25, 0.3) is 11.1 Å². The highest BCUT2D eigenvalue weighted by molar-refractivity contribution is 6.01. The number of carbonyl (C=O) groups excluding carboxylic acids is 1. The Morgan fingerprint density at radius 1 is 1.04 bits per heavy atom. The lowest BCUT2D eigenvalue weighted by Crippen LogP contribution is -2.24. The number of ketones is 1. The zero-order valence-electron chi connectivity index (χ0n) is 15.7. The van der Waals surface area contributed by atoms with E-state index in [1.807, 2.05) is 12.1 Å². The van der Waals surface area contributed by atoms with E-state index < -0.39 is 11.4 Å². The first kappa shape index (κ1) is 19.3. The first-order chi connectivity index (χ1) is 13.4. The van der Waals surface area contributed by atoms with Crippen LogP contribution in [-0.2, 0) is 6.54 Å². The molecule has 144 valence electrons. The monoisotopic (exact) mass is 382 g/mol. The van der Waals surface area contributed by atoms with Gasteiger partial charge in [0.1, 0.15) is 11.6 Å². The molecule has 1 heterocycles. The molecule has 0 aliphatic rings. The van der Waals surface area contributed by atoms with E-state index in [2.05, 4.69) is 5.10 Å². The van der Waals surface area contributed by atoms with Crippen LogP contribution < -0.4 is 15.0 Å². The summed E-state index contributed by atoms with van der Waals surface area (Å²) in [7, 11) is 2.98. The van der Waals surface area contributed by atoms with E-state index in [9.17, 15) is 14.0 Å². The van der Waals surface area contributed by atoms with Crippen molar-refractivity contribution in [3.63, 3.8) is 0 Å². The molecule has 28 heavy (non-hydrogen) atoms. The Balaban J connectivity index is 2.06. The van der Waals surface area contributed by atoms with E-state index in [1.54, 1.807) is 19.2 Å². The lowest BCUT2D eigenvalue weighted by molar-refractivity contribution is 0.101. The Morgan fingerprint density at radius 2 is 1.75 bits per heavy atom. The minimum atomic E-state index is -0.524. The molecule has 1 aromatic heterocycles. The van der Waals surface area contributed by atoms with Crippen molar-refractivity contribution < 1.29 is 18.7 Å². The van der Waals surface area contributed by atoms with Crippen LogP contribution in [0.15, 0.2) is 53.3 Å². The van der Waals surface area contributed by atoms with Crippen LogP contribution in [0.5, 0.6) is 11.6 Å². The highest BCUT2D eigenvalue weighted by Crippen LogP contribution is 2.30. The van der Waals surface area contributed by atoms with E-state index in [-0.39, 0.29) is 34.9 Å². The molecule has 6 nitrogen and oxygen atoms in total. The molecule has 0 unspecified atom stereocenters. The van der Waals surface area contributed by atoms with E-state index in [4.69, 9.17) is 9.47 Å². The van der Waals surface area contributed by atoms with Crippen LogP contribution in [0.3, 0.4) is 0 Å². The van der Waals surface area contributed by atoms with Gasteiger partial charge >= 0.3 is 0 Å². The summed E-state index contributed by atoms with van der Waals surface area (Å²) in [5.74, 6) is 0.0602. The molecule has 0 saturated carbocycles. The summed E-state index contributed by atoms with van der Waals surface area (Å²) in [5, 5.41) is 4.25. The number of aromatic nitrogens is 2. The number of nitrogens with zero attached hydrogens (tertiary/aromatic N) is 2. The van der Waals surface area contributed by atoms with Gasteiger partial charge in [0.25, 0.3) is 5.56 Å². The van der Waals surface area contributed by atoms with Crippen molar-refractivity contribution in [3.8, 4) is 22.8 Å². The first-order valence-electron chi connectivity index (χ1n) is 8.53. The van der Waals surface area contributed by atoms with Crippen LogP contribution in [0.4, 0.5) is 4.39 Å². The van der Waals surface area contributed by atoms with Gasteiger partial charge in [-0.3, -0.25) is 9.59 Å². The average molecular weight is 382 g/mol. The number of Topliss-reactive ketones (excluding diaryl/α,β-unsaturated/α-hetero) is 1. The summed E-state index contributed by atoms with van der Waals surface area (Å²) >= 11 is 0. The summed E-state index contributed by atoms with van der Waals surface area (Å²) < 4.78 is 25.5. The second-order valence-electron chi connectivity index (χ2n) is 6.16. The van der Waals surface area contributed by atoms with Gasteiger partial charge in [-0.25, -0.2) is 9.07 Å². The third-order valence-electron chi connectivity index (χ3n) is 4.30. The number of hydrogen-bond acceptors (Lipinski definition) is 5.